The average Bonchev–Trinajstić information content (AvgIpc) is 2.75. The Kier molecular flexibility index (Phi) is 6.02. The first-order chi connectivity index (χ1) is 14.1. The molecule has 0 radical (unpaired) electrons. The van der Waals surface area contributed by atoms with Gasteiger partial charge in [0.25, 0.3) is 0 Å². The van der Waals surface area contributed by atoms with Crippen LogP contribution in [0.2, 0.25) is 0 Å². The molecule has 3 aromatic rings. The number of anilines is 2. The third-order valence-corrected chi connectivity index (χ3v) is 6.10. The summed E-state index contributed by atoms with van der Waals surface area (Å²) >= 11 is 1.48. The fourth-order valence-corrected chi connectivity index (χ4v) is 4.36. The Morgan fingerprint density at radius 3 is 2.62 bits per heavy atom. The van der Waals surface area contributed by atoms with Gasteiger partial charge in [0.15, 0.2) is 0 Å². The van der Waals surface area contributed by atoms with Crippen molar-refractivity contribution in [2.75, 3.05) is 36.5 Å². The summed E-state index contributed by atoms with van der Waals surface area (Å²) in [5, 5.41) is 4.78. The summed E-state index contributed by atoms with van der Waals surface area (Å²) in [6.45, 7) is 7.31. The van der Waals surface area contributed by atoms with Gasteiger partial charge in [0, 0.05) is 29.9 Å². The summed E-state index contributed by atoms with van der Waals surface area (Å²) in [6, 6.07) is 18.1. The summed E-state index contributed by atoms with van der Waals surface area (Å²) < 4.78 is 5.40. The van der Waals surface area contributed by atoms with Crippen molar-refractivity contribution >= 4 is 39.9 Å². The molecule has 5 nitrogen and oxygen atoms in total. The number of aromatic nitrogens is 1. The van der Waals surface area contributed by atoms with Crippen molar-refractivity contribution in [1.29, 1.82) is 0 Å². The van der Waals surface area contributed by atoms with E-state index in [9.17, 15) is 4.79 Å². The number of carbonyl (C=O) groups excluding carboxylic acids is 1. The van der Waals surface area contributed by atoms with Gasteiger partial charge in [-0.1, -0.05) is 30.0 Å². The second kappa shape index (κ2) is 8.84. The summed E-state index contributed by atoms with van der Waals surface area (Å²) in [4.78, 5) is 19.7. The molecule has 2 aromatic carbocycles. The maximum absolute atomic E-state index is 12.7. The van der Waals surface area contributed by atoms with Crippen LogP contribution in [-0.2, 0) is 9.53 Å². The van der Waals surface area contributed by atoms with Crippen LogP contribution in [0.5, 0.6) is 0 Å². The van der Waals surface area contributed by atoms with E-state index in [0.29, 0.717) is 0 Å². The summed E-state index contributed by atoms with van der Waals surface area (Å²) in [5.74, 6) is -0.0262. The van der Waals surface area contributed by atoms with Gasteiger partial charge in [-0.15, -0.1) is 0 Å². The van der Waals surface area contributed by atoms with E-state index in [1.165, 1.54) is 17.3 Å². The molecule has 1 fully saturated rings. The number of nitrogens with zero attached hydrogens (tertiary/aromatic N) is 2. The van der Waals surface area contributed by atoms with Gasteiger partial charge < -0.3 is 15.0 Å². The van der Waals surface area contributed by atoms with Crippen LogP contribution in [0.3, 0.4) is 0 Å². The highest BCUT2D eigenvalue weighted by Crippen LogP contribution is 2.27. The fraction of sp³-hybridized carbons (Fsp3) is 0.304. The lowest BCUT2D eigenvalue weighted by atomic mass is 10.1. The molecule has 1 N–H and O–H groups in total. The quantitative estimate of drug-likeness (QED) is 0.631. The van der Waals surface area contributed by atoms with Crippen LogP contribution < -0.4 is 10.2 Å². The minimum atomic E-state index is -0.248. The van der Waals surface area contributed by atoms with Crippen molar-refractivity contribution in [3.8, 4) is 0 Å². The lowest BCUT2D eigenvalue weighted by Gasteiger charge is -2.28. The number of rotatable bonds is 5. The lowest BCUT2D eigenvalue weighted by Crippen LogP contribution is -2.36. The highest BCUT2D eigenvalue weighted by atomic mass is 32.2. The minimum absolute atomic E-state index is 0.0262. The third-order valence-electron chi connectivity index (χ3n) is 5.08. The van der Waals surface area contributed by atoms with E-state index >= 15 is 0 Å². The Balaban J connectivity index is 1.39. The van der Waals surface area contributed by atoms with Crippen molar-refractivity contribution in [2.24, 2.45) is 0 Å². The van der Waals surface area contributed by atoms with Crippen molar-refractivity contribution in [3.63, 3.8) is 0 Å². The van der Waals surface area contributed by atoms with Crippen LogP contribution in [0.15, 0.2) is 59.6 Å². The van der Waals surface area contributed by atoms with Crippen molar-refractivity contribution in [3.05, 3.63) is 60.2 Å². The molecular formula is C23H25N3O2S. The number of aryl methyl sites for hydroxylation is 1. The van der Waals surface area contributed by atoms with E-state index in [4.69, 9.17) is 9.72 Å². The van der Waals surface area contributed by atoms with Crippen LogP contribution in [-0.4, -0.2) is 42.4 Å². The number of para-hydroxylation sites is 1. The molecule has 1 amide bonds. The highest BCUT2D eigenvalue weighted by Gasteiger charge is 2.17. The summed E-state index contributed by atoms with van der Waals surface area (Å²) in [5.41, 5.74) is 4.09. The van der Waals surface area contributed by atoms with Gasteiger partial charge in [0.1, 0.15) is 0 Å². The van der Waals surface area contributed by atoms with Gasteiger partial charge in [0.05, 0.1) is 29.0 Å². The van der Waals surface area contributed by atoms with Crippen molar-refractivity contribution < 1.29 is 9.53 Å². The van der Waals surface area contributed by atoms with Crippen LogP contribution in [0.25, 0.3) is 10.9 Å². The molecule has 0 bridgehead atoms. The minimum Gasteiger partial charge on any atom is -0.378 e. The number of amides is 1. The zero-order valence-corrected chi connectivity index (χ0v) is 17.5. The number of ether oxygens (including phenoxy) is 1. The molecule has 1 aliphatic rings. The van der Waals surface area contributed by atoms with Crippen molar-refractivity contribution in [2.45, 2.75) is 24.1 Å². The molecule has 1 saturated heterocycles. The van der Waals surface area contributed by atoms with Gasteiger partial charge in [-0.25, -0.2) is 4.98 Å². The first-order valence-corrected chi connectivity index (χ1v) is 10.7. The number of carbonyl (C=O) groups is 1. The number of hydrogen-bond donors (Lipinski definition) is 1. The average molecular weight is 408 g/mol. The Bertz CT molecular complexity index is 1000. The van der Waals surface area contributed by atoms with E-state index in [1.807, 2.05) is 55.5 Å². The molecule has 150 valence electrons. The molecule has 0 saturated carbocycles. The molecule has 1 atom stereocenters. The predicted molar refractivity (Wildman–Crippen MR) is 120 cm³/mol. The van der Waals surface area contributed by atoms with Gasteiger partial charge in [-0.05, 0) is 55.8 Å². The Hall–Kier alpha value is -2.57. The molecule has 29 heavy (non-hydrogen) atoms. The second-order valence-electron chi connectivity index (χ2n) is 7.19. The van der Waals surface area contributed by atoms with E-state index in [1.54, 1.807) is 0 Å². The predicted octanol–water partition coefficient (Wildman–Crippen LogP) is 4.50. The maximum Gasteiger partial charge on any atom is 0.237 e. The monoisotopic (exact) mass is 407 g/mol. The smallest absolute Gasteiger partial charge is 0.237 e. The highest BCUT2D eigenvalue weighted by molar-refractivity contribution is 8.00. The fourth-order valence-electron chi connectivity index (χ4n) is 3.43. The molecule has 1 aromatic heterocycles. The normalized spacial score (nSPS) is 15.3. The Morgan fingerprint density at radius 2 is 1.86 bits per heavy atom. The third kappa shape index (κ3) is 4.71. The molecule has 4 rings (SSSR count). The Morgan fingerprint density at radius 1 is 1.14 bits per heavy atom. The van der Waals surface area contributed by atoms with Crippen LogP contribution in [0, 0.1) is 6.92 Å². The van der Waals surface area contributed by atoms with Crippen LogP contribution in [0.4, 0.5) is 11.4 Å². The first kappa shape index (κ1) is 19.7. The van der Waals surface area contributed by atoms with Crippen molar-refractivity contribution in [1.82, 2.24) is 4.98 Å². The van der Waals surface area contributed by atoms with E-state index in [2.05, 4.69) is 23.2 Å². The number of hydrogen-bond acceptors (Lipinski definition) is 5. The van der Waals surface area contributed by atoms with E-state index in [0.717, 1.165) is 53.6 Å². The van der Waals surface area contributed by atoms with E-state index < -0.39 is 0 Å². The standard InChI is InChI=1S/C23H25N3O2S/c1-16-15-22(25-21-6-4-3-5-20(16)21)29-17(2)23(27)24-18-7-9-19(10-8-18)26-11-13-28-14-12-26/h3-10,15,17H,11-14H2,1-2H3,(H,24,27)/t17-/m0/s1. The topological polar surface area (TPSA) is 54.5 Å². The molecule has 1 aliphatic heterocycles. The molecule has 0 aliphatic carbocycles. The number of benzene rings is 2. The SMILES string of the molecule is Cc1cc(S[C@@H](C)C(=O)Nc2ccc(N3CCOCC3)cc2)nc2ccccc12. The Labute approximate surface area is 175 Å². The number of morpholine rings is 1. The van der Waals surface area contributed by atoms with Gasteiger partial charge in [-0.3, -0.25) is 4.79 Å². The number of nitrogens with one attached hydrogen (secondary N) is 1. The number of thioether (sulfide) groups is 1. The lowest BCUT2D eigenvalue weighted by molar-refractivity contribution is -0.115. The molecule has 2 heterocycles. The van der Waals surface area contributed by atoms with E-state index in [-0.39, 0.29) is 11.2 Å². The molecule has 0 spiro atoms. The maximum atomic E-state index is 12.7. The number of pyridine rings is 1. The zero-order valence-electron chi connectivity index (χ0n) is 16.7. The molecular weight excluding hydrogens is 382 g/mol. The molecule has 6 heteroatoms. The summed E-state index contributed by atoms with van der Waals surface area (Å²) in [6.07, 6.45) is 0. The van der Waals surface area contributed by atoms with Gasteiger partial charge in [0.2, 0.25) is 5.91 Å². The van der Waals surface area contributed by atoms with Crippen LogP contribution in [0.1, 0.15) is 12.5 Å². The van der Waals surface area contributed by atoms with Gasteiger partial charge in [-0.2, -0.15) is 0 Å². The molecule has 0 unspecified atom stereocenters. The largest absolute Gasteiger partial charge is 0.378 e. The summed E-state index contributed by atoms with van der Waals surface area (Å²) in [7, 11) is 0. The van der Waals surface area contributed by atoms with Gasteiger partial charge >= 0.3 is 0 Å². The number of fused-ring (bicyclic) bond motifs is 1. The first-order valence-electron chi connectivity index (χ1n) is 9.87. The second-order valence-corrected chi connectivity index (χ2v) is 8.55. The zero-order chi connectivity index (χ0) is 20.2. The van der Waals surface area contributed by atoms with Crippen LogP contribution >= 0.6 is 11.8 Å².